The molecule has 0 aromatic heterocycles. The topological polar surface area (TPSA) is 52.3 Å². The van der Waals surface area contributed by atoms with Gasteiger partial charge >= 0.3 is 5.97 Å². The van der Waals surface area contributed by atoms with Gasteiger partial charge in [0.1, 0.15) is 0 Å². The first-order valence-corrected chi connectivity index (χ1v) is 17.5. The summed E-state index contributed by atoms with van der Waals surface area (Å²) in [6, 6.07) is 0. The summed E-state index contributed by atoms with van der Waals surface area (Å²) in [6.07, 6.45) is 44.6. The molecule has 0 aliphatic heterocycles. The van der Waals surface area contributed by atoms with Gasteiger partial charge in [0.25, 0.3) is 0 Å². The van der Waals surface area contributed by atoms with Crippen molar-refractivity contribution >= 4 is 5.97 Å². The summed E-state index contributed by atoms with van der Waals surface area (Å²) in [5.41, 5.74) is 5.52. The summed E-state index contributed by atoms with van der Waals surface area (Å²) < 4.78 is 5.42. The van der Waals surface area contributed by atoms with Crippen molar-refractivity contribution in [2.45, 2.75) is 187 Å². The Bertz CT molecular complexity index is 528. The van der Waals surface area contributed by atoms with E-state index in [9.17, 15) is 4.79 Å². The average Bonchev–Trinajstić information content (AvgIpc) is 2.94. The van der Waals surface area contributed by atoms with Crippen LogP contribution in [0.25, 0.3) is 0 Å². The fraction of sp³-hybridized carbons (Fsp3) is 0.861. The molecule has 0 saturated heterocycles. The van der Waals surface area contributed by atoms with E-state index in [1.165, 1.54) is 154 Å². The van der Waals surface area contributed by atoms with Crippen LogP contribution >= 0.6 is 0 Å². The summed E-state index contributed by atoms with van der Waals surface area (Å²) in [6.45, 7) is 3.73. The molecule has 0 aliphatic carbocycles. The van der Waals surface area contributed by atoms with Gasteiger partial charge in [0.15, 0.2) is 0 Å². The zero-order chi connectivity index (χ0) is 28.3. The van der Waals surface area contributed by atoms with E-state index >= 15 is 0 Å². The number of hydrogen-bond donors (Lipinski definition) is 1. The molecule has 3 nitrogen and oxygen atoms in total. The van der Waals surface area contributed by atoms with Gasteiger partial charge in [-0.25, -0.2) is 0 Å². The van der Waals surface area contributed by atoms with E-state index in [1.807, 2.05) is 0 Å². The van der Waals surface area contributed by atoms with Gasteiger partial charge in [0.05, 0.1) is 6.61 Å². The summed E-state index contributed by atoms with van der Waals surface area (Å²) in [7, 11) is 0. The Morgan fingerprint density at radius 1 is 0.487 bits per heavy atom. The summed E-state index contributed by atoms with van der Waals surface area (Å²) >= 11 is 0. The number of carbonyl (C=O) groups excluding carboxylic acids is 1. The fourth-order valence-corrected chi connectivity index (χ4v) is 5.02. The Morgan fingerprint density at radius 3 is 1.28 bits per heavy atom. The molecule has 0 unspecified atom stereocenters. The molecular weight excluding hydrogens is 478 g/mol. The van der Waals surface area contributed by atoms with Gasteiger partial charge in [-0.05, 0) is 77.2 Å². The molecule has 0 amide bonds. The van der Waals surface area contributed by atoms with Crippen molar-refractivity contribution < 1.29 is 9.53 Å². The quantitative estimate of drug-likeness (QED) is 0.0517. The number of esters is 1. The molecule has 0 aromatic rings. The molecule has 230 valence electrons. The lowest BCUT2D eigenvalue weighted by atomic mass is 10.1. The van der Waals surface area contributed by atoms with Crippen molar-refractivity contribution in [1.29, 1.82) is 0 Å². The molecule has 0 aliphatic rings. The summed E-state index contributed by atoms with van der Waals surface area (Å²) in [4.78, 5) is 11.9. The Hall–Kier alpha value is -1.09. The number of rotatable bonds is 32. The predicted octanol–water partition coefficient (Wildman–Crippen LogP) is 11.5. The minimum Gasteiger partial charge on any atom is -0.466 e. The van der Waals surface area contributed by atoms with Crippen LogP contribution in [0.15, 0.2) is 24.3 Å². The first-order valence-electron chi connectivity index (χ1n) is 17.5. The highest BCUT2D eigenvalue weighted by Gasteiger charge is 2.02. The van der Waals surface area contributed by atoms with Crippen molar-refractivity contribution in [2.24, 2.45) is 5.73 Å². The van der Waals surface area contributed by atoms with Crippen LogP contribution in [0.2, 0.25) is 0 Å². The Morgan fingerprint density at radius 2 is 0.846 bits per heavy atom. The third-order valence-electron chi connectivity index (χ3n) is 7.66. The van der Waals surface area contributed by atoms with E-state index in [4.69, 9.17) is 10.5 Å². The Balaban J connectivity index is 3.23. The van der Waals surface area contributed by atoms with Gasteiger partial charge in [-0.2, -0.15) is 0 Å². The maximum Gasteiger partial charge on any atom is 0.305 e. The molecule has 0 bridgehead atoms. The molecule has 0 heterocycles. The van der Waals surface area contributed by atoms with Gasteiger partial charge in [0, 0.05) is 6.42 Å². The SMILES string of the molecule is CCCCCCCCC=CCCCCCCCCOC(=O)CCCCCCCC=CCCCCCCCCN. The predicted molar refractivity (Wildman–Crippen MR) is 173 cm³/mol. The van der Waals surface area contributed by atoms with Crippen LogP contribution in [0.4, 0.5) is 0 Å². The van der Waals surface area contributed by atoms with Gasteiger partial charge in [-0.1, -0.05) is 134 Å². The molecule has 3 heteroatoms. The summed E-state index contributed by atoms with van der Waals surface area (Å²) in [5.74, 6) is 0.00469. The van der Waals surface area contributed by atoms with Crippen LogP contribution in [-0.4, -0.2) is 19.1 Å². The molecule has 0 rings (SSSR count). The van der Waals surface area contributed by atoms with Crippen molar-refractivity contribution in [3.05, 3.63) is 24.3 Å². The molecular formula is C36H69NO2. The second-order valence-corrected chi connectivity index (χ2v) is 11.6. The maximum atomic E-state index is 11.9. The normalized spacial score (nSPS) is 11.7. The number of carbonyl (C=O) groups is 1. The maximum absolute atomic E-state index is 11.9. The lowest BCUT2D eigenvalue weighted by Crippen LogP contribution is -2.05. The van der Waals surface area contributed by atoms with Crippen LogP contribution < -0.4 is 5.73 Å². The standard InChI is InChI=1S/C36H69NO2/c1-2-3-4-5-6-7-8-9-10-14-17-20-23-26-29-32-35-39-36(38)33-30-27-24-21-18-15-12-11-13-16-19-22-25-28-31-34-37/h9-12H,2-8,13-35,37H2,1H3. The smallest absolute Gasteiger partial charge is 0.305 e. The number of unbranched alkanes of at least 4 members (excludes halogenated alkanes) is 23. The third kappa shape index (κ3) is 34.9. The second-order valence-electron chi connectivity index (χ2n) is 11.6. The molecule has 2 N–H and O–H groups in total. The van der Waals surface area contributed by atoms with E-state index in [0.29, 0.717) is 13.0 Å². The van der Waals surface area contributed by atoms with Gasteiger partial charge in [-0.3, -0.25) is 4.79 Å². The van der Waals surface area contributed by atoms with E-state index in [-0.39, 0.29) is 5.97 Å². The van der Waals surface area contributed by atoms with Crippen molar-refractivity contribution in [3.63, 3.8) is 0 Å². The zero-order valence-corrected chi connectivity index (χ0v) is 26.4. The van der Waals surface area contributed by atoms with Crippen molar-refractivity contribution in [3.8, 4) is 0 Å². The highest BCUT2D eigenvalue weighted by Crippen LogP contribution is 2.12. The van der Waals surface area contributed by atoms with E-state index < -0.39 is 0 Å². The van der Waals surface area contributed by atoms with Crippen molar-refractivity contribution in [2.75, 3.05) is 13.2 Å². The lowest BCUT2D eigenvalue weighted by molar-refractivity contribution is -0.143. The number of ether oxygens (including phenoxy) is 1. The Kier molecular flexibility index (Phi) is 34.0. The number of nitrogens with two attached hydrogens (primary N) is 1. The molecule has 0 atom stereocenters. The molecule has 0 spiro atoms. The van der Waals surface area contributed by atoms with Crippen LogP contribution in [-0.2, 0) is 9.53 Å². The Labute approximate surface area is 245 Å². The summed E-state index contributed by atoms with van der Waals surface area (Å²) in [5, 5.41) is 0. The molecule has 0 aromatic carbocycles. The van der Waals surface area contributed by atoms with E-state index in [1.54, 1.807) is 0 Å². The minimum absolute atomic E-state index is 0.00469. The number of allylic oxidation sites excluding steroid dienone is 4. The van der Waals surface area contributed by atoms with Gasteiger partial charge in [-0.15, -0.1) is 0 Å². The highest BCUT2D eigenvalue weighted by atomic mass is 16.5. The van der Waals surface area contributed by atoms with Crippen LogP contribution in [0.1, 0.15) is 187 Å². The third-order valence-corrected chi connectivity index (χ3v) is 7.66. The van der Waals surface area contributed by atoms with Crippen LogP contribution in [0.5, 0.6) is 0 Å². The van der Waals surface area contributed by atoms with E-state index in [0.717, 1.165) is 25.8 Å². The lowest BCUT2D eigenvalue weighted by Gasteiger charge is -2.05. The molecule has 0 saturated carbocycles. The minimum atomic E-state index is 0.00469. The molecule has 0 fully saturated rings. The van der Waals surface area contributed by atoms with Crippen molar-refractivity contribution in [1.82, 2.24) is 0 Å². The first-order chi connectivity index (χ1) is 19.3. The fourth-order valence-electron chi connectivity index (χ4n) is 5.02. The van der Waals surface area contributed by atoms with Gasteiger partial charge in [0.2, 0.25) is 0 Å². The molecule has 0 radical (unpaired) electrons. The zero-order valence-electron chi connectivity index (χ0n) is 26.4. The molecule has 39 heavy (non-hydrogen) atoms. The number of hydrogen-bond acceptors (Lipinski definition) is 3. The average molecular weight is 548 g/mol. The van der Waals surface area contributed by atoms with Crippen LogP contribution in [0.3, 0.4) is 0 Å². The second kappa shape index (κ2) is 34.9. The monoisotopic (exact) mass is 548 g/mol. The highest BCUT2D eigenvalue weighted by molar-refractivity contribution is 5.69. The van der Waals surface area contributed by atoms with Gasteiger partial charge < -0.3 is 10.5 Å². The van der Waals surface area contributed by atoms with E-state index in [2.05, 4.69) is 31.2 Å². The van der Waals surface area contributed by atoms with Crippen LogP contribution in [0, 0.1) is 0 Å². The largest absolute Gasteiger partial charge is 0.466 e. The first kappa shape index (κ1) is 37.9.